The second-order valence-electron chi connectivity index (χ2n) is 6.61. The van der Waals surface area contributed by atoms with Gasteiger partial charge in [-0.25, -0.2) is 4.98 Å². The summed E-state index contributed by atoms with van der Waals surface area (Å²) in [6.07, 6.45) is 3.37. The van der Waals surface area contributed by atoms with Crippen LogP contribution in [0.3, 0.4) is 0 Å². The number of imidazole rings is 1. The first kappa shape index (κ1) is 19.1. The number of H-pyrrole nitrogens is 1. The molecule has 0 saturated heterocycles. The van der Waals surface area contributed by atoms with E-state index < -0.39 is 17.9 Å². The van der Waals surface area contributed by atoms with Crippen LogP contribution in [0.15, 0.2) is 73.1 Å². The summed E-state index contributed by atoms with van der Waals surface area (Å²) in [5.41, 5.74) is 8.11. The van der Waals surface area contributed by atoms with Gasteiger partial charge in [-0.15, -0.1) is 0 Å². The van der Waals surface area contributed by atoms with Crippen LogP contribution in [-0.4, -0.2) is 39.4 Å². The van der Waals surface area contributed by atoms with Crippen LogP contribution in [0.1, 0.15) is 10.4 Å². The highest BCUT2D eigenvalue weighted by atomic mass is 16.5. The molecule has 0 aliphatic rings. The van der Waals surface area contributed by atoms with Crippen LogP contribution in [0, 0.1) is 0 Å². The molecule has 150 valence electrons. The summed E-state index contributed by atoms with van der Waals surface area (Å²) in [5, 5.41) is 2.63. The number of hydrogen-bond acceptors (Lipinski definition) is 5. The lowest BCUT2D eigenvalue weighted by Gasteiger charge is -2.16. The van der Waals surface area contributed by atoms with Gasteiger partial charge in [-0.05, 0) is 42.5 Å². The Bertz CT molecular complexity index is 1180. The molecule has 0 bridgehead atoms. The molecule has 30 heavy (non-hydrogen) atoms. The monoisotopic (exact) mass is 401 g/mol. The minimum Gasteiger partial charge on any atom is -0.491 e. The van der Waals surface area contributed by atoms with Gasteiger partial charge in [0, 0.05) is 23.5 Å². The van der Waals surface area contributed by atoms with E-state index in [9.17, 15) is 9.59 Å². The smallest absolute Gasteiger partial charge is 0.252 e. The number of carbonyl (C=O) groups excluding carboxylic acids is 2. The van der Waals surface area contributed by atoms with Crippen molar-refractivity contribution in [1.29, 1.82) is 0 Å². The second kappa shape index (κ2) is 8.44. The predicted octanol–water partition coefficient (Wildman–Crippen LogP) is 2.29. The van der Waals surface area contributed by atoms with Crippen molar-refractivity contribution in [3.8, 4) is 17.1 Å². The summed E-state index contributed by atoms with van der Waals surface area (Å²) in [4.78, 5) is 36.2. The standard InChI is InChI=1S/C22H19N5O3/c23-20(28)19(13-30-16-4-2-1-3-5-16)27-22(29)15-6-7-17-18(12-15)26-21(25-17)14-8-10-24-11-9-14/h1-12,19H,13H2,(H2,23,28)(H,25,26)(H,27,29)/t19-/m0/s1. The van der Waals surface area contributed by atoms with Gasteiger partial charge in [0.15, 0.2) is 0 Å². The van der Waals surface area contributed by atoms with Crippen molar-refractivity contribution < 1.29 is 14.3 Å². The van der Waals surface area contributed by atoms with Crippen LogP contribution in [0.25, 0.3) is 22.4 Å². The largest absolute Gasteiger partial charge is 0.491 e. The first-order valence-electron chi connectivity index (χ1n) is 9.28. The van der Waals surface area contributed by atoms with Crippen molar-refractivity contribution in [2.24, 2.45) is 5.73 Å². The summed E-state index contributed by atoms with van der Waals surface area (Å²) in [6.45, 7) is -0.0659. The van der Waals surface area contributed by atoms with Gasteiger partial charge in [0.1, 0.15) is 24.2 Å². The Hall–Kier alpha value is -4.20. The van der Waals surface area contributed by atoms with E-state index in [0.717, 1.165) is 11.1 Å². The molecule has 4 N–H and O–H groups in total. The molecule has 0 saturated carbocycles. The van der Waals surface area contributed by atoms with Crippen molar-refractivity contribution in [2.45, 2.75) is 6.04 Å². The third kappa shape index (κ3) is 4.27. The maximum Gasteiger partial charge on any atom is 0.252 e. The molecule has 8 heteroatoms. The van der Waals surface area contributed by atoms with E-state index in [4.69, 9.17) is 10.5 Å². The SMILES string of the molecule is NC(=O)[C@H](COc1ccccc1)NC(=O)c1ccc2nc(-c3ccncc3)[nH]c2c1. The number of nitrogens with one attached hydrogen (secondary N) is 2. The number of carbonyl (C=O) groups is 2. The number of hydrogen-bond donors (Lipinski definition) is 3. The molecular formula is C22H19N5O3. The number of pyridine rings is 1. The highest BCUT2D eigenvalue weighted by Gasteiger charge is 2.20. The lowest BCUT2D eigenvalue weighted by Crippen LogP contribution is -2.48. The number of primary amides is 1. The van der Waals surface area contributed by atoms with E-state index in [1.54, 1.807) is 42.7 Å². The van der Waals surface area contributed by atoms with Gasteiger partial charge in [0.25, 0.3) is 5.91 Å². The number of nitrogens with two attached hydrogens (primary N) is 1. The fourth-order valence-electron chi connectivity index (χ4n) is 2.93. The van der Waals surface area contributed by atoms with Crippen molar-refractivity contribution in [2.75, 3.05) is 6.61 Å². The number of fused-ring (bicyclic) bond motifs is 1. The Balaban J connectivity index is 1.49. The average molecular weight is 401 g/mol. The van der Waals surface area contributed by atoms with E-state index >= 15 is 0 Å². The normalized spacial score (nSPS) is 11.7. The van der Waals surface area contributed by atoms with E-state index in [0.29, 0.717) is 22.7 Å². The number of rotatable bonds is 7. The van der Waals surface area contributed by atoms with Crippen LogP contribution in [-0.2, 0) is 4.79 Å². The van der Waals surface area contributed by atoms with Crippen LogP contribution >= 0.6 is 0 Å². The van der Waals surface area contributed by atoms with E-state index in [1.807, 2.05) is 30.3 Å². The molecule has 2 amide bonds. The molecule has 2 heterocycles. The molecule has 2 aromatic carbocycles. The van der Waals surface area contributed by atoms with E-state index in [1.165, 1.54) is 0 Å². The molecule has 0 spiro atoms. The Kier molecular flexibility index (Phi) is 5.38. The van der Waals surface area contributed by atoms with Crippen LogP contribution in [0.4, 0.5) is 0 Å². The lowest BCUT2D eigenvalue weighted by molar-refractivity contribution is -0.120. The minimum atomic E-state index is -0.970. The van der Waals surface area contributed by atoms with E-state index in [-0.39, 0.29) is 6.61 Å². The molecule has 0 unspecified atom stereocenters. The molecule has 8 nitrogen and oxygen atoms in total. The van der Waals surface area contributed by atoms with Gasteiger partial charge in [-0.1, -0.05) is 18.2 Å². The van der Waals surface area contributed by atoms with Crippen molar-refractivity contribution in [3.05, 3.63) is 78.6 Å². The first-order chi connectivity index (χ1) is 14.6. The fourth-order valence-corrected chi connectivity index (χ4v) is 2.93. The Labute approximate surface area is 172 Å². The van der Waals surface area contributed by atoms with Crippen LogP contribution in [0.5, 0.6) is 5.75 Å². The summed E-state index contributed by atoms with van der Waals surface area (Å²) < 4.78 is 5.55. The molecule has 0 aliphatic heterocycles. The minimum absolute atomic E-state index is 0.0659. The Morgan fingerprint density at radius 3 is 2.57 bits per heavy atom. The zero-order valence-corrected chi connectivity index (χ0v) is 15.9. The highest BCUT2D eigenvalue weighted by molar-refractivity contribution is 6.00. The molecule has 4 aromatic rings. The predicted molar refractivity (Wildman–Crippen MR) is 112 cm³/mol. The number of ether oxygens (including phenoxy) is 1. The lowest BCUT2D eigenvalue weighted by atomic mass is 10.1. The van der Waals surface area contributed by atoms with Crippen molar-refractivity contribution >= 4 is 22.8 Å². The summed E-state index contributed by atoms with van der Waals surface area (Å²) in [5.74, 6) is 0.149. The number of para-hydroxylation sites is 1. The first-order valence-corrected chi connectivity index (χ1v) is 9.28. The third-order valence-electron chi connectivity index (χ3n) is 4.51. The Morgan fingerprint density at radius 2 is 1.83 bits per heavy atom. The molecule has 1 atom stereocenters. The maximum atomic E-state index is 12.7. The van der Waals surface area contributed by atoms with Crippen molar-refractivity contribution in [1.82, 2.24) is 20.3 Å². The number of aromatic nitrogens is 3. The van der Waals surface area contributed by atoms with E-state index in [2.05, 4.69) is 20.3 Å². The van der Waals surface area contributed by atoms with Gasteiger partial charge in [-0.3, -0.25) is 14.6 Å². The van der Waals surface area contributed by atoms with Gasteiger partial charge in [0.2, 0.25) is 5.91 Å². The maximum absolute atomic E-state index is 12.7. The molecular weight excluding hydrogens is 382 g/mol. The Morgan fingerprint density at radius 1 is 1.07 bits per heavy atom. The molecule has 0 fully saturated rings. The number of benzene rings is 2. The number of aromatic amines is 1. The van der Waals surface area contributed by atoms with Gasteiger partial charge >= 0.3 is 0 Å². The van der Waals surface area contributed by atoms with Crippen molar-refractivity contribution in [3.63, 3.8) is 0 Å². The topological polar surface area (TPSA) is 123 Å². The second-order valence-corrected chi connectivity index (χ2v) is 6.61. The van der Waals surface area contributed by atoms with Crippen LogP contribution in [0.2, 0.25) is 0 Å². The molecule has 2 aromatic heterocycles. The molecule has 0 aliphatic carbocycles. The molecule has 4 rings (SSSR count). The van der Waals surface area contributed by atoms with Gasteiger partial charge in [-0.2, -0.15) is 0 Å². The van der Waals surface area contributed by atoms with Crippen LogP contribution < -0.4 is 15.8 Å². The zero-order valence-electron chi connectivity index (χ0n) is 15.9. The summed E-state index contributed by atoms with van der Waals surface area (Å²) in [7, 11) is 0. The molecule has 0 radical (unpaired) electrons. The van der Waals surface area contributed by atoms with Gasteiger partial charge < -0.3 is 20.8 Å². The fraction of sp³-hybridized carbons (Fsp3) is 0.0909. The number of amides is 2. The third-order valence-corrected chi connectivity index (χ3v) is 4.51. The highest BCUT2D eigenvalue weighted by Crippen LogP contribution is 2.20. The quantitative estimate of drug-likeness (QED) is 0.438. The number of nitrogens with zero attached hydrogens (tertiary/aromatic N) is 2. The summed E-state index contributed by atoms with van der Waals surface area (Å²) >= 11 is 0. The summed E-state index contributed by atoms with van der Waals surface area (Å²) in [6, 6.07) is 16.8. The van der Waals surface area contributed by atoms with Gasteiger partial charge in [0.05, 0.1) is 11.0 Å². The zero-order chi connectivity index (χ0) is 20.9. The average Bonchev–Trinajstić information content (AvgIpc) is 3.21.